The van der Waals surface area contributed by atoms with Gasteiger partial charge in [0, 0.05) is 30.2 Å². The zero-order chi connectivity index (χ0) is 16.6. The van der Waals surface area contributed by atoms with E-state index in [1.807, 2.05) is 24.0 Å². The van der Waals surface area contributed by atoms with Crippen LogP contribution < -0.4 is 5.32 Å². The Bertz CT molecular complexity index is 732. The van der Waals surface area contributed by atoms with E-state index in [9.17, 15) is 4.79 Å². The highest BCUT2D eigenvalue weighted by molar-refractivity contribution is 5.90. The van der Waals surface area contributed by atoms with Gasteiger partial charge in [0.25, 0.3) is 0 Å². The Hall–Kier alpha value is -2.23. The summed E-state index contributed by atoms with van der Waals surface area (Å²) in [6.07, 6.45) is 0.920. The van der Waals surface area contributed by atoms with Gasteiger partial charge in [-0.1, -0.05) is 24.6 Å². The number of hydrogen-bond donors (Lipinski definition) is 1. The lowest BCUT2D eigenvalue weighted by atomic mass is 10.1. The van der Waals surface area contributed by atoms with Crippen LogP contribution in [-0.2, 0) is 6.54 Å². The van der Waals surface area contributed by atoms with Crippen molar-refractivity contribution >= 4 is 11.7 Å². The molecule has 3 rings (SSSR count). The van der Waals surface area contributed by atoms with Crippen molar-refractivity contribution in [3.63, 3.8) is 0 Å². The number of fused-ring (bicyclic) bond motifs is 1. The van der Waals surface area contributed by atoms with Gasteiger partial charge >= 0.3 is 6.03 Å². The normalized spacial score (nSPS) is 17.0. The van der Waals surface area contributed by atoms with Gasteiger partial charge in [-0.3, -0.25) is 0 Å². The molecule has 1 aromatic heterocycles. The quantitative estimate of drug-likeness (QED) is 0.876. The third-order valence-corrected chi connectivity index (χ3v) is 4.79. The topological polar surface area (TPSA) is 37.3 Å². The molecule has 1 aliphatic heterocycles. The average molecular weight is 311 g/mol. The number of nitrogens with one attached hydrogen (secondary N) is 1. The number of urea groups is 1. The summed E-state index contributed by atoms with van der Waals surface area (Å²) < 4.78 is 2.33. The van der Waals surface area contributed by atoms with Crippen LogP contribution in [0.3, 0.4) is 0 Å². The molecule has 1 aliphatic rings. The Balaban J connectivity index is 1.82. The first-order valence-electron chi connectivity index (χ1n) is 8.32. The van der Waals surface area contributed by atoms with Crippen LogP contribution in [0.15, 0.2) is 30.3 Å². The maximum Gasteiger partial charge on any atom is 0.322 e. The Kier molecular flexibility index (Phi) is 4.16. The second-order valence-corrected chi connectivity index (χ2v) is 6.42. The van der Waals surface area contributed by atoms with Gasteiger partial charge in [-0.25, -0.2) is 4.79 Å². The van der Waals surface area contributed by atoms with Gasteiger partial charge in [0.05, 0.1) is 6.04 Å². The fourth-order valence-electron chi connectivity index (χ4n) is 3.52. The van der Waals surface area contributed by atoms with Crippen LogP contribution in [0.5, 0.6) is 0 Å². The van der Waals surface area contributed by atoms with E-state index >= 15 is 0 Å². The fraction of sp³-hybridized carbons (Fsp3) is 0.421. The molecule has 2 amide bonds. The zero-order valence-corrected chi connectivity index (χ0v) is 14.4. The standard InChI is InChI=1S/C19H25N3O/c1-5-17-18-9-7-15(4)21(18)10-11-22(17)19(23)20-16-8-6-13(2)12-14(16)3/h6-9,12,17H,5,10-11H2,1-4H3,(H,20,23)/t17-/m0/s1. The SMILES string of the molecule is CC[C@H]1c2ccc(C)n2CCN1C(=O)Nc1ccc(C)cc1C. The summed E-state index contributed by atoms with van der Waals surface area (Å²) >= 11 is 0. The lowest BCUT2D eigenvalue weighted by Crippen LogP contribution is -2.44. The molecule has 0 unspecified atom stereocenters. The monoisotopic (exact) mass is 311 g/mol. The summed E-state index contributed by atoms with van der Waals surface area (Å²) in [7, 11) is 0. The second kappa shape index (κ2) is 6.11. The van der Waals surface area contributed by atoms with Gasteiger partial charge in [0.1, 0.15) is 0 Å². The van der Waals surface area contributed by atoms with E-state index in [4.69, 9.17) is 0 Å². The van der Waals surface area contributed by atoms with E-state index in [1.54, 1.807) is 0 Å². The maximum absolute atomic E-state index is 12.8. The second-order valence-electron chi connectivity index (χ2n) is 6.42. The van der Waals surface area contributed by atoms with Crippen LogP contribution in [0.25, 0.3) is 0 Å². The van der Waals surface area contributed by atoms with E-state index in [1.165, 1.54) is 17.0 Å². The van der Waals surface area contributed by atoms with Gasteiger partial charge in [-0.2, -0.15) is 0 Å². The van der Waals surface area contributed by atoms with Crippen molar-refractivity contribution < 1.29 is 4.79 Å². The number of anilines is 1. The highest BCUT2D eigenvalue weighted by Crippen LogP contribution is 2.31. The highest BCUT2D eigenvalue weighted by Gasteiger charge is 2.30. The molecule has 0 bridgehead atoms. The summed E-state index contributed by atoms with van der Waals surface area (Å²) in [5.74, 6) is 0. The molecule has 0 saturated heterocycles. The molecule has 1 aromatic carbocycles. The molecule has 2 heterocycles. The summed E-state index contributed by atoms with van der Waals surface area (Å²) in [4.78, 5) is 14.8. The van der Waals surface area contributed by atoms with E-state index < -0.39 is 0 Å². The first kappa shape index (κ1) is 15.7. The number of nitrogens with zero attached hydrogens (tertiary/aromatic N) is 2. The molecule has 0 radical (unpaired) electrons. The van der Waals surface area contributed by atoms with Gasteiger partial charge < -0.3 is 14.8 Å². The van der Waals surface area contributed by atoms with Crippen molar-refractivity contribution in [3.8, 4) is 0 Å². The molecule has 0 fully saturated rings. The molecule has 4 heteroatoms. The molecular weight excluding hydrogens is 286 g/mol. The molecule has 122 valence electrons. The van der Waals surface area contributed by atoms with E-state index in [0.717, 1.165) is 30.8 Å². The van der Waals surface area contributed by atoms with E-state index in [0.29, 0.717) is 0 Å². The van der Waals surface area contributed by atoms with Crippen LogP contribution in [-0.4, -0.2) is 22.0 Å². The van der Waals surface area contributed by atoms with Gasteiger partial charge in [0.15, 0.2) is 0 Å². The van der Waals surface area contributed by atoms with Crippen molar-refractivity contribution in [2.24, 2.45) is 0 Å². The lowest BCUT2D eigenvalue weighted by molar-refractivity contribution is 0.165. The fourth-order valence-corrected chi connectivity index (χ4v) is 3.52. The predicted molar refractivity (Wildman–Crippen MR) is 93.8 cm³/mol. The van der Waals surface area contributed by atoms with E-state index in [2.05, 4.69) is 48.9 Å². The molecule has 0 saturated carbocycles. The minimum atomic E-state index is -0.00564. The molecule has 1 atom stereocenters. The molecule has 0 spiro atoms. The number of benzene rings is 1. The smallest absolute Gasteiger partial charge is 0.322 e. The van der Waals surface area contributed by atoms with E-state index in [-0.39, 0.29) is 12.1 Å². The third-order valence-electron chi connectivity index (χ3n) is 4.79. The summed E-state index contributed by atoms with van der Waals surface area (Å²) in [6.45, 7) is 9.97. The predicted octanol–water partition coefficient (Wildman–Crippen LogP) is 4.41. The number of aromatic nitrogens is 1. The molecule has 2 aromatic rings. The average Bonchev–Trinajstić information content (AvgIpc) is 2.90. The Labute approximate surface area is 138 Å². The van der Waals surface area contributed by atoms with Crippen LogP contribution in [0.4, 0.5) is 10.5 Å². The number of aryl methyl sites for hydroxylation is 3. The number of rotatable bonds is 2. The number of hydrogen-bond acceptors (Lipinski definition) is 1. The lowest BCUT2D eigenvalue weighted by Gasteiger charge is -2.37. The summed E-state index contributed by atoms with van der Waals surface area (Å²) in [6, 6.07) is 10.5. The minimum Gasteiger partial charge on any atom is -0.345 e. The van der Waals surface area contributed by atoms with Gasteiger partial charge in [-0.15, -0.1) is 0 Å². The first-order chi connectivity index (χ1) is 11.0. The van der Waals surface area contributed by atoms with Gasteiger partial charge in [-0.05, 0) is 51.0 Å². The Morgan fingerprint density at radius 3 is 2.65 bits per heavy atom. The van der Waals surface area contributed by atoms with Crippen molar-refractivity contribution in [1.29, 1.82) is 0 Å². The van der Waals surface area contributed by atoms with Crippen molar-refractivity contribution in [2.75, 3.05) is 11.9 Å². The van der Waals surface area contributed by atoms with Gasteiger partial charge in [0.2, 0.25) is 0 Å². The summed E-state index contributed by atoms with van der Waals surface area (Å²) in [5.41, 5.74) is 5.72. The van der Waals surface area contributed by atoms with Crippen molar-refractivity contribution in [1.82, 2.24) is 9.47 Å². The van der Waals surface area contributed by atoms with Crippen molar-refractivity contribution in [3.05, 3.63) is 52.8 Å². The number of carbonyl (C=O) groups is 1. The molecular formula is C19H25N3O. The zero-order valence-electron chi connectivity index (χ0n) is 14.4. The Morgan fingerprint density at radius 1 is 1.17 bits per heavy atom. The number of amides is 2. The molecule has 0 aliphatic carbocycles. The summed E-state index contributed by atoms with van der Waals surface area (Å²) in [5, 5.41) is 3.09. The minimum absolute atomic E-state index is 0.00564. The van der Waals surface area contributed by atoms with Crippen LogP contribution in [0, 0.1) is 20.8 Å². The van der Waals surface area contributed by atoms with Crippen LogP contribution in [0.2, 0.25) is 0 Å². The largest absolute Gasteiger partial charge is 0.345 e. The van der Waals surface area contributed by atoms with Crippen molar-refractivity contribution in [2.45, 2.75) is 46.7 Å². The molecule has 23 heavy (non-hydrogen) atoms. The maximum atomic E-state index is 12.8. The highest BCUT2D eigenvalue weighted by atomic mass is 16.2. The number of carbonyl (C=O) groups excluding carboxylic acids is 1. The van der Waals surface area contributed by atoms with Crippen LogP contribution >= 0.6 is 0 Å². The molecule has 1 N–H and O–H groups in total. The van der Waals surface area contributed by atoms with Crippen LogP contribution in [0.1, 0.15) is 41.9 Å². The Morgan fingerprint density at radius 2 is 1.96 bits per heavy atom. The first-order valence-corrected chi connectivity index (χ1v) is 8.32. The molecule has 4 nitrogen and oxygen atoms in total. The third kappa shape index (κ3) is 2.85.